The summed E-state index contributed by atoms with van der Waals surface area (Å²) < 4.78 is 18.8. The summed E-state index contributed by atoms with van der Waals surface area (Å²) in [6, 6.07) is 6.18. The van der Waals surface area contributed by atoms with Gasteiger partial charge in [0.1, 0.15) is 11.9 Å². The minimum Gasteiger partial charge on any atom is -0.490 e. The van der Waals surface area contributed by atoms with Crippen LogP contribution in [0.2, 0.25) is 0 Å². The van der Waals surface area contributed by atoms with Gasteiger partial charge in [-0.2, -0.15) is 0 Å². The molecular formula is C16H21BrO3. The number of aryl methyl sites for hydroxylation is 1. The minimum atomic E-state index is -0.00949. The van der Waals surface area contributed by atoms with Crippen molar-refractivity contribution in [2.45, 2.75) is 44.3 Å². The second-order valence-corrected chi connectivity index (χ2v) is 6.70. The van der Waals surface area contributed by atoms with Crippen LogP contribution >= 0.6 is 15.9 Å². The molecule has 1 aromatic carbocycles. The summed E-state index contributed by atoms with van der Waals surface area (Å²) in [5.41, 5.74) is 1.16. The molecular weight excluding hydrogens is 320 g/mol. The second-order valence-electron chi connectivity index (χ2n) is 5.79. The van der Waals surface area contributed by atoms with Gasteiger partial charge in [0, 0.05) is 30.5 Å². The van der Waals surface area contributed by atoms with Crippen LogP contribution < -0.4 is 4.74 Å². The van der Waals surface area contributed by atoms with Crippen molar-refractivity contribution in [1.29, 1.82) is 0 Å². The van der Waals surface area contributed by atoms with Gasteiger partial charge >= 0.3 is 0 Å². The van der Waals surface area contributed by atoms with Crippen LogP contribution in [0.5, 0.6) is 5.75 Å². The number of ether oxygens (including phenoxy) is 3. The van der Waals surface area contributed by atoms with E-state index in [-0.39, 0.29) is 11.7 Å². The third-order valence-electron chi connectivity index (χ3n) is 4.28. The summed E-state index contributed by atoms with van der Waals surface area (Å²) in [5, 5.41) is 0. The number of hydrogen-bond acceptors (Lipinski definition) is 3. The Hall–Kier alpha value is -0.580. The van der Waals surface area contributed by atoms with Crippen molar-refractivity contribution in [3.8, 4) is 5.75 Å². The molecule has 0 aliphatic carbocycles. The standard InChI is InChI=1S/C16H21BrO3/c1-12-10-13(17)2-3-15(12)20-14-4-7-19-16(11-14)5-8-18-9-6-16/h2-3,10,14H,4-9,11H2,1H3. The average Bonchev–Trinajstić information content (AvgIpc) is 2.43. The first-order chi connectivity index (χ1) is 9.67. The van der Waals surface area contributed by atoms with Gasteiger partial charge in [-0.1, -0.05) is 15.9 Å². The molecule has 1 aromatic rings. The van der Waals surface area contributed by atoms with Gasteiger partial charge in [0.2, 0.25) is 0 Å². The first kappa shape index (κ1) is 14.4. The lowest BCUT2D eigenvalue weighted by Gasteiger charge is -2.43. The Morgan fingerprint density at radius 3 is 2.80 bits per heavy atom. The van der Waals surface area contributed by atoms with E-state index in [1.165, 1.54) is 5.56 Å². The van der Waals surface area contributed by atoms with E-state index in [1.807, 2.05) is 12.1 Å². The molecule has 2 saturated heterocycles. The van der Waals surface area contributed by atoms with E-state index in [2.05, 4.69) is 28.9 Å². The number of hydrogen-bond donors (Lipinski definition) is 0. The largest absolute Gasteiger partial charge is 0.490 e. The summed E-state index contributed by atoms with van der Waals surface area (Å²) in [6.07, 6.45) is 4.18. The van der Waals surface area contributed by atoms with E-state index in [4.69, 9.17) is 14.2 Å². The molecule has 0 amide bonds. The van der Waals surface area contributed by atoms with Crippen LogP contribution in [0.25, 0.3) is 0 Å². The lowest BCUT2D eigenvalue weighted by molar-refractivity contribution is -0.155. The first-order valence-electron chi connectivity index (χ1n) is 7.31. The molecule has 1 atom stereocenters. The van der Waals surface area contributed by atoms with E-state index in [0.29, 0.717) is 0 Å². The molecule has 110 valence electrons. The van der Waals surface area contributed by atoms with E-state index in [0.717, 1.165) is 55.7 Å². The smallest absolute Gasteiger partial charge is 0.122 e. The van der Waals surface area contributed by atoms with Gasteiger partial charge in [-0.25, -0.2) is 0 Å². The van der Waals surface area contributed by atoms with E-state index < -0.39 is 0 Å². The number of benzene rings is 1. The highest BCUT2D eigenvalue weighted by Gasteiger charge is 2.39. The van der Waals surface area contributed by atoms with Crippen molar-refractivity contribution >= 4 is 15.9 Å². The molecule has 4 heteroatoms. The fraction of sp³-hybridized carbons (Fsp3) is 0.625. The summed E-state index contributed by atoms with van der Waals surface area (Å²) in [5.74, 6) is 0.988. The lowest BCUT2D eigenvalue weighted by atomic mass is 9.85. The normalized spacial score (nSPS) is 25.6. The van der Waals surface area contributed by atoms with Gasteiger partial charge in [0.25, 0.3) is 0 Å². The Bertz CT molecular complexity index is 463. The maximum Gasteiger partial charge on any atom is 0.122 e. The van der Waals surface area contributed by atoms with E-state index >= 15 is 0 Å². The summed E-state index contributed by atoms with van der Waals surface area (Å²) in [6.45, 7) is 4.50. The molecule has 1 spiro atoms. The van der Waals surface area contributed by atoms with Crippen molar-refractivity contribution in [2.24, 2.45) is 0 Å². The Morgan fingerprint density at radius 1 is 1.25 bits per heavy atom. The monoisotopic (exact) mass is 340 g/mol. The predicted molar refractivity (Wildman–Crippen MR) is 81.3 cm³/mol. The Balaban J connectivity index is 1.68. The van der Waals surface area contributed by atoms with Crippen LogP contribution in [-0.4, -0.2) is 31.5 Å². The van der Waals surface area contributed by atoms with Crippen LogP contribution in [0.15, 0.2) is 22.7 Å². The predicted octanol–water partition coefficient (Wildman–Crippen LogP) is 3.86. The molecule has 3 nitrogen and oxygen atoms in total. The van der Waals surface area contributed by atoms with Crippen molar-refractivity contribution < 1.29 is 14.2 Å². The van der Waals surface area contributed by atoms with Crippen molar-refractivity contribution in [1.82, 2.24) is 0 Å². The molecule has 0 N–H and O–H groups in total. The van der Waals surface area contributed by atoms with E-state index in [9.17, 15) is 0 Å². The third-order valence-corrected chi connectivity index (χ3v) is 4.78. The molecule has 3 rings (SSSR count). The second kappa shape index (κ2) is 6.04. The summed E-state index contributed by atoms with van der Waals surface area (Å²) in [4.78, 5) is 0. The Kier molecular flexibility index (Phi) is 4.34. The fourth-order valence-electron chi connectivity index (χ4n) is 3.10. The van der Waals surface area contributed by atoms with Gasteiger partial charge in [-0.3, -0.25) is 0 Å². The van der Waals surface area contributed by atoms with Gasteiger partial charge in [0.15, 0.2) is 0 Å². The van der Waals surface area contributed by atoms with Gasteiger partial charge < -0.3 is 14.2 Å². The zero-order valence-electron chi connectivity index (χ0n) is 11.9. The minimum absolute atomic E-state index is 0.00949. The zero-order valence-corrected chi connectivity index (χ0v) is 13.4. The fourth-order valence-corrected chi connectivity index (χ4v) is 3.58. The first-order valence-corrected chi connectivity index (χ1v) is 8.11. The quantitative estimate of drug-likeness (QED) is 0.817. The van der Waals surface area contributed by atoms with Gasteiger partial charge in [-0.05, 0) is 43.5 Å². The van der Waals surface area contributed by atoms with Gasteiger partial charge in [0.05, 0.1) is 12.2 Å². The Morgan fingerprint density at radius 2 is 2.05 bits per heavy atom. The molecule has 2 aliphatic rings. The maximum absolute atomic E-state index is 6.23. The molecule has 2 heterocycles. The highest BCUT2D eigenvalue weighted by Crippen LogP contribution is 2.36. The van der Waals surface area contributed by atoms with Crippen LogP contribution in [0.1, 0.15) is 31.2 Å². The molecule has 0 aromatic heterocycles. The number of rotatable bonds is 2. The zero-order chi connectivity index (χ0) is 14.0. The van der Waals surface area contributed by atoms with Crippen LogP contribution in [-0.2, 0) is 9.47 Å². The molecule has 2 aliphatic heterocycles. The van der Waals surface area contributed by atoms with E-state index in [1.54, 1.807) is 0 Å². The van der Waals surface area contributed by atoms with Crippen LogP contribution in [0, 0.1) is 6.92 Å². The molecule has 1 unspecified atom stereocenters. The molecule has 0 radical (unpaired) electrons. The molecule has 0 saturated carbocycles. The lowest BCUT2D eigenvalue weighted by Crippen LogP contribution is -2.47. The topological polar surface area (TPSA) is 27.7 Å². The maximum atomic E-state index is 6.23. The summed E-state index contributed by atoms with van der Waals surface area (Å²) in [7, 11) is 0. The highest BCUT2D eigenvalue weighted by molar-refractivity contribution is 9.10. The summed E-state index contributed by atoms with van der Waals surface area (Å²) >= 11 is 3.49. The third kappa shape index (κ3) is 3.18. The SMILES string of the molecule is Cc1cc(Br)ccc1OC1CCOC2(CCOCC2)C1. The molecule has 20 heavy (non-hydrogen) atoms. The highest BCUT2D eigenvalue weighted by atomic mass is 79.9. The van der Waals surface area contributed by atoms with Gasteiger partial charge in [-0.15, -0.1) is 0 Å². The van der Waals surface area contributed by atoms with Crippen LogP contribution in [0.4, 0.5) is 0 Å². The van der Waals surface area contributed by atoms with Crippen LogP contribution in [0.3, 0.4) is 0 Å². The number of halogens is 1. The van der Waals surface area contributed by atoms with Crippen molar-refractivity contribution in [2.75, 3.05) is 19.8 Å². The molecule has 2 fully saturated rings. The molecule has 0 bridgehead atoms. The average molecular weight is 341 g/mol. The van der Waals surface area contributed by atoms with Crippen molar-refractivity contribution in [3.05, 3.63) is 28.2 Å². The van der Waals surface area contributed by atoms with Crippen molar-refractivity contribution in [3.63, 3.8) is 0 Å². The Labute approximate surface area is 128 Å².